The maximum absolute atomic E-state index is 5.10. The lowest BCUT2D eigenvalue weighted by atomic mass is 9.94. The van der Waals surface area contributed by atoms with Crippen LogP contribution in [0.1, 0.15) is 0 Å². The maximum Gasteiger partial charge on any atom is 0.160 e. The van der Waals surface area contributed by atoms with E-state index in [0.29, 0.717) is 11.6 Å². The van der Waals surface area contributed by atoms with E-state index in [1.807, 2.05) is 48.5 Å². The minimum Gasteiger partial charge on any atom is -0.309 e. The van der Waals surface area contributed by atoms with Crippen LogP contribution in [0.2, 0.25) is 0 Å². The first-order chi connectivity index (χ1) is 63.5. The molecular weight excluding hydrogens is 1550 g/mol. The molecule has 596 valence electrons. The summed E-state index contributed by atoms with van der Waals surface area (Å²) >= 11 is 0. The normalized spacial score (nSPS) is 11.8. The number of benzene rings is 20. The fourth-order valence-electron chi connectivity index (χ4n) is 19.8. The average Bonchev–Trinajstić information content (AvgIpc) is 1.64. The second-order valence-corrected chi connectivity index (χ2v) is 33.1. The van der Waals surface area contributed by atoms with Gasteiger partial charge >= 0.3 is 0 Å². The molecule has 0 spiro atoms. The zero-order valence-electron chi connectivity index (χ0n) is 69.5. The first-order valence-electron chi connectivity index (χ1n) is 43.6. The highest BCUT2D eigenvalue weighted by Gasteiger charge is 2.23. The van der Waals surface area contributed by atoms with Crippen LogP contribution in [0.4, 0.5) is 0 Å². The first kappa shape index (κ1) is 73.5. The summed E-state index contributed by atoms with van der Waals surface area (Å²) in [7, 11) is 0. The van der Waals surface area contributed by atoms with Crippen molar-refractivity contribution in [3.05, 3.63) is 461 Å². The van der Waals surface area contributed by atoms with Gasteiger partial charge in [-0.25, -0.2) is 19.9 Å². The van der Waals surface area contributed by atoms with Gasteiger partial charge in [0.05, 0.1) is 72.6 Å². The molecule has 26 aromatic rings. The van der Waals surface area contributed by atoms with E-state index in [0.717, 1.165) is 78.7 Å². The summed E-state index contributed by atoms with van der Waals surface area (Å²) in [6, 6.07) is 166. The Morgan fingerprint density at radius 2 is 0.406 bits per heavy atom. The molecule has 8 heteroatoms. The van der Waals surface area contributed by atoms with Gasteiger partial charge in [0.2, 0.25) is 0 Å². The van der Waals surface area contributed by atoms with E-state index in [2.05, 4.69) is 431 Å². The smallest absolute Gasteiger partial charge is 0.160 e. The molecule has 0 amide bonds. The van der Waals surface area contributed by atoms with Crippen molar-refractivity contribution in [2.24, 2.45) is 0 Å². The van der Waals surface area contributed by atoms with Crippen molar-refractivity contribution < 1.29 is 0 Å². The van der Waals surface area contributed by atoms with Crippen LogP contribution in [0, 0.1) is 0 Å². The molecule has 0 bridgehead atoms. The van der Waals surface area contributed by atoms with E-state index in [1.165, 1.54) is 153 Å². The van der Waals surface area contributed by atoms with Gasteiger partial charge in [-0.15, -0.1) is 0 Å². The summed E-state index contributed by atoms with van der Waals surface area (Å²) in [5.74, 6) is 1.42. The number of hydrogen-bond donors (Lipinski definition) is 0. The van der Waals surface area contributed by atoms with Gasteiger partial charge in [0.15, 0.2) is 11.6 Å². The quantitative estimate of drug-likeness (QED) is 0.114. The van der Waals surface area contributed by atoms with Crippen LogP contribution in [0.15, 0.2) is 461 Å². The molecule has 20 aromatic carbocycles. The monoisotopic (exact) mass is 1630 g/mol. The number of fused-ring (bicyclic) bond motifs is 19. The average molecular weight is 1630 g/mol. The second-order valence-electron chi connectivity index (χ2n) is 33.1. The summed E-state index contributed by atoms with van der Waals surface area (Å²) in [4.78, 5) is 20.2. The van der Waals surface area contributed by atoms with Crippen molar-refractivity contribution in [1.29, 1.82) is 0 Å². The van der Waals surface area contributed by atoms with Gasteiger partial charge in [-0.05, 0) is 175 Å². The summed E-state index contributed by atoms with van der Waals surface area (Å²) in [5, 5.41) is 20.0. The van der Waals surface area contributed by atoms with Gasteiger partial charge in [-0.2, -0.15) is 0 Å². The minimum absolute atomic E-state index is 0.709. The predicted molar refractivity (Wildman–Crippen MR) is 535 cm³/mol. The molecule has 0 N–H and O–H groups in total. The zero-order valence-corrected chi connectivity index (χ0v) is 69.5. The fraction of sp³-hybridized carbons (Fsp3) is 0. The van der Waals surface area contributed by atoms with Gasteiger partial charge in [0.25, 0.3) is 0 Å². The highest BCUT2D eigenvalue weighted by atomic mass is 15.0. The molecule has 8 nitrogen and oxygen atoms in total. The Bertz CT molecular complexity index is 8760. The third-order valence-corrected chi connectivity index (χ3v) is 25.9. The molecule has 0 aliphatic heterocycles. The number of aromatic nitrogens is 8. The van der Waals surface area contributed by atoms with Crippen molar-refractivity contribution in [2.45, 2.75) is 0 Å². The topological polar surface area (TPSA) is 71.3 Å². The van der Waals surface area contributed by atoms with Crippen molar-refractivity contribution in [2.75, 3.05) is 0 Å². The zero-order chi connectivity index (χ0) is 84.3. The largest absolute Gasteiger partial charge is 0.309 e. The summed E-state index contributed by atoms with van der Waals surface area (Å²) in [6.45, 7) is 0. The Balaban J connectivity index is 0.000000140. The Morgan fingerprint density at radius 1 is 0.133 bits per heavy atom. The number of hydrogen-bond acceptors (Lipinski definition) is 4. The summed E-state index contributed by atoms with van der Waals surface area (Å²) in [6.07, 6.45) is 0. The third kappa shape index (κ3) is 12.4. The number of rotatable bonds is 12. The van der Waals surface area contributed by atoms with Gasteiger partial charge in [-0.1, -0.05) is 346 Å². The molecule has 6 heterocycles. The highest BCUT2D eigenvalue weighted by Crippen LogP contribution is 2.45. The van der Waals surface area contributed by atoms with Crippen molar-refractivity contribution in [3.8, 4) is 113 Å². The lowest BCUT2D eigenvalue weighted by Crippen LogP contribution is -1.97. The van der Waals surface area contributed by atoms with E-state index >= 15 is 0 Å². The van der Waals surface area contributed by atoms with E-state index in [1.54, 1.807) is 0 Å². The number of nitrogens with zero attached hydrogens (tertiary/aromatic N) is 8. The van der Waals surface area contributed by atoms with E-state index in [9.17, 15) is 0 Å². The van der Waals surface area contributed by atoms with Crippen molar-refractivity contribution in [3.63, 3.8) is 0 Å². The van der Waals surface area contributed by atoms with Crippen LogP contribution in [0.5, 0.6) is 0 Å². The van der Waals surface area contributed by atoms with E-state index < -0.39 is 0 Å². The van der Waals surface area contributed by atoms with Gasteiger partial charge < -0.3 is 18.3 Å². The van der Waals surface area contributed by atoms with Gasteiger partial charge in [0, 0.05) is 98.9 Å². The Morgan fingerprint density at radius 3 is 0.844 bits per heavy atom. The second kappa shape index (κ2) is 30.4. The van der Waals surface area contributed by atoms with Crippen LogP contribution >= 0.6 is 0 Å². The standard InChI is InChI=1S/C64H40N4.C56H36N4/c1-3-15-41(16-4-1)58-40-59(66-64(65-58)43-17-5-2-6-18-43)42-27-31-46(32-28-42)67-61-26-14-12-24-54(61)57-37-44(30-36-62(57)67)45-29-34-55-53-23-11-13-25-60(53)68(63(55)38-45)47-33-35-52-50-21-8-7-19-48(50)49-20-9-10-22-51(49)56(52)39-47;1-3-15-38(16-4-1)49-36-50(58-56(57-49)40-17-5-2-6-18-40)39-26-30-43(31-27-39)59-52-23-11-10-22-46(52)48-34-41(29-33-54(48)59)42-28-32-47-45-21-9-12-24-53(45)60(55(47)35-42)51-25-13-19-37-14-7-8-20-44(37)51/h1-40H;1-36H. The van der Waals surface area contributed by atoms with Crippen LogP contribution in [-0.4, -0.2) is 38.2 Å². The molecule has 0 aliphatic rings. The molecule has 0 atom stereocenters. The molecule has 0 saturated carbocycles. The van der Waals surface area contributed by atoms with E-state index in [-0.39, 0.29) is 0 Å². The van der Waals surface area contributed by atoms with Gasteiger partial charge in [0.1, 0.15) is 0 Å². The molecule has 0 aliphatic carbocycles. The molecule has 26 rings (SSSR count). The molecule has 128 heavy (non-hydrogen) atoms. The third-order valence-electron chi connectivity index (χ3n) is 25.9. The summed E-state index contributed by atoms with van der Waals surface area (Å²) in [5.41, 5.74) is 28.4. The van der Waals surface area contributed by atoms with Crippen molar-refractivity contribution in [1.82, 2.24) is 38.2 Å². The van der Waals surface area contributed by atoms with Crippen molar-refractivity contribution >= 4 is 130 Å². The molecule has 6 aromatic heterocycles. The fourth-order valence-corrected chi connectivity index (χ4v) is 19.8. The highest BCUT2D eigenvalue weighted by molar-refractivity contribution is 6.26. The van der Waals surface area contributed by atoms with Crippen LogP contribution in [-0.2, 0) is 0 Å². The Kier molecular flexibility index (Phi) is 17.5. The molecule has 0 fully saturated rings. The molecule has 0 saturated heterocycles. The van der Waals surface area contributed by atoms with Crippen LogP contribution in [0.25, 0.3) is 243 Å². The van der Waals surface area contributed by atoms with E-state index in [4.69, 9.17) is 19.9 Å². The minimum atomic E-state index is 0.709. The van der Waals surface area contributed by atoms with Crippen LogP contribution in [0.3, 0.4) is 0 Å². The van der Waals surface area contributed by atoms with Gasteiger partial charge in [-0.3, -0.25) is 0 Å². The Labute approximate surface area is 737 Å². The molecule has 0 unspecified atom stereocenters. The lowest BCUT2D eigenvalue weighted by Gasteiger charge is -2.14. The Hall–Kier alpha value is -17.2. The molecule has 0 radical (unpaired) electrons. The van der Waals surface area contributed by atoms with Crippen LogP contribution < -0.4 is 0 Å². The number of para-hydroxylation sites is 4. The first-order valence-corrected chi connectivity index (χ1v) is 43.6. The SMILES string of the molecule is c1ccc(-c2cc(-c3ccc(-n4c5ccccc5c5cc(-c6ccc7c8ccccc8n(-c8ccc9c%10ccccc%10c%10ccccc%10c9c8)c7c6)ccc54)cc3)nc(-c3ccccc3)n2)cc1.c1ccc(-c2cc(-c3ccc(-n4c5ccccc5c5cc(-c6ccc7c8ccccc8n(-c8cccc9ccccc89)c7c6)ccc54)cc3)nc(-c3ccccc3)n2)cc1. The molecular formula is C120H76N8. The summed E-state index contributed by atoms with van der Waals surface area (Å²) < 4.78 is 9.66. The predicted octanol–water partition coefficient (Wildman–Crippen LogP) is 31.3. The lowest BCUT2D eigenvalue weighted by molar-refractivity contribution is 1.17. The maximum atomic E-state index is 5.10.